The highest BCUT2D eigenvalue weighted by molar-refractivity contribution is 9.10. The maximum Gasteiger partial charge on any atom is 0.344 e. The van der Waals surface area contributed by atoms with Crippen molar-refractivity contribution in [1.82, 2.24) is 0 Å². The van der Waals surface area contributed by atoms with E-state index in [9.17, 15) is 19.1 Å². The van der Waals surface area contributed by atoms with Gasteiger partial charge in [-0.05, 0) is 48.5 Å². The molecule has 5 nitrogen and oxygen atoms in total. The van der Waals surface area contributed by atoms with E-state index in [2.05, 4.69) is 20.9 Å². The van der Waals surface area contributed by atoms with E-state index in [1.807, 2.05) is 0 Å². The number of benzene rings is 2. The lowest BCUT2D eigenvalue weighted by Crippen LogP contribution is -2.13. The summed E-state index contributed by atoms with van der Waals surface area (Å²) in [4.78, 5) is 28.5. The third kappa shape index (κ3) is 3.66. The number of halogens is 2. The summed E-state index contributed by atoms with van der Waals surface area (Å²) in [5.41, 5.74) is 0.461. The number of aliphatic hydroxyl groups is 1. The third-order valence-corrected chi connectivity index (χ3v) is 4.01. The Hall–Kier alpha value is -2.80. The number of ketones is 1. The number of Topliss-reactive ketones (excluding diaryl/α,β-unsaturated/α-hetero) is 1. The predicted molar refractivity (Wildman–Crippen MR) is 92.6 cm³/mol. The normalized spacial score (nSPS) is 17.5. The van der Waals surface area contributed by atoms with Gasteiger partial charge in [0, 0.05) is 10.0 Å². The molecular formula is C18H11BrFNO4. The van der Waals surface area contributed by atoms with Gasteiger partial charge in [0.25, 0.3) is 0 Å². The van der Waals surface area contributed by atoms with Crippen molar-refractivity contribution < 1.29 is 23.8 Å². The number of rotatable bonds is 3. The first kappa shape index (κ1) is 17.0. The number of cyclic esters (lactones) is 1. The molecule has 0 radical (unpaired) electrons. The van der Waals surface area contributed by atoms with Crippen LogP contribution in [0.2, 0.25) is 0 Å². The molecule has 126 valence electrons. The first-order chi connectivity index (χ1) is 12.0. The Bertz CT molecular complexity index is 902. The standard InChI is InChI=1S/C18H11BrFNO4/c19-11-3-7-13(8-4-11)21-14-9-25-18(24)15(14)17(23)16(22)10-1-5-12(20)6-2-10/h1-8,23H,9H2/b17-15+,21-14?. The van der Waals surface area contributed by atoms with Crippen molar-refractivity contribution in [2.24, 2.45) is 4.99 Å². The Kier molecular flexibility index (Phi) is 4.76. The van der Waals surface area contributed by atoms with Gasteiger partial charge >= 0.3 is 5.97 Å². The number of carbonyl (C=O) groups excluding carboxylic acids is 2. The van der Waals surface area contributed by atoms with Crippen molar-refractivity contribution in [2.45, 2.75) is 0 Å². The second kappa shape index (κ2) is 6.98. The van der Waals surface area contributed by atoms with E-state index >= 15 is 0 Å². The quantitative estimate of drug-likeness (QED) is 0.364. The van der Waals surface area contributed by atoms with Gasteiger partial charge in [-0.25, -0.2) is 14.2 Å². The molecule has 25 heavy (non-hydrogen) atoms. The van der Waals surface area contributed by atoms with E-state index in [0.29, 0.717) is 5.69 Å². The van der Waals surface area contributed by atoms with E-state index in [-0.39, 0.29) is 23.5 Å². The molecule has 1 saturated heterocycles. The Balaban J connectivity index is 2.00. The fraction of sp³-hybridized carbons (Fsp3) is 0.0556. The molecule has 0 saturated carbocycles. The van der Waals surface area contributed by atoms with Crippen LogP contribution in [-0.4, -0.2) is 29.2 Å². The smallest absolute Gasteiger partial charge is 0.344 e. The minimum atomic E-state index is -0.830. The van der Waals surface area contributed by atoms with E-state index < -0.39 is 23.3 Å². The summed E-state index contributed by atoms with van der Waals surface area (Å²) in [6.07, 6.45) is 0. The van der Waals surface area contributed by atoms with Crippen LogP contribution in [0.15, 0.2) is 69.3 Å². The molecule has 0 atom stereocenters. The van der Waals surface area contributed by atoms with Gasteiger partial charge in [0.05, 0.1) is 11.4 Å². The van der Waals surface area contributed by atoms with Gasteiger partial charge < -0.3 is 9.84 Å². The molecule has 0 spiro atoms. The first-order valence-electron chi connectivity index (χ1n) is 7.20. The van der Waals surface area contributed by atoms with Crippen LogP contribution >= 0.6 is 15.9 Å². The van der Waals surface area contributed by atoms with Crippen LogP contribution in [0.25, 0.3) is 0 Å². The van der Waals surface area contributed by atoms with Crippen LogP contribution in [0.3, 0.4) is 0 Å². The van der Waals surface area contributed by atoms with Crippen molar-refractivity contribution >= 4 is 39.1 Å². The van der Waals surface area contributed by atoms with Crippen molar-refractivity contribution in [1.29, 1.82) is 0 Å². The summed E-state index contributed by atoms with van der Waals surface area (Å²) in [6, 6.07) is 11.6. The molecule has 2 aromatic carbocycles. The van der Waals surface area contributed by atoms with Gasteiger partial charge in [-0.15, -0.1) is 0 Å². The number of hydrogen-bond acceptors (Lipinski definition) is 5. The Morgan fingerprint density at radius 3 is 2.40 bits per heavy atom. The van der Waals surface area contributed by atoms with Crippen LogP contribution in [0.4, 0.5) is 10.1 Å². The highest BCUT2D eigenvalue weighted by Gasteiger charge is 2.33. The Morgan fingerprint density at radius 2 is 1.76 bits per heavy atom. The molecule has 0 unspecified atom stereocenters. The van der Waals surface area contributed by atoms with E-state index in [0.717, 1.165) is 16.6 Å². The molecule has 0 bridgehead atoms. The topological polar surface area (TPSA) is 76.0 Å². The number of ether oxygens (including phenoxy) is 1. The van der Waals surface area contributed by atoms with Gasteiger partial charge in [0.1, 0.15) is 18.0 Å². The zero-order valence-electron chi connectivity index (χ0n) is 12.7. The Morgan fingerprint density at radius 1 is 1.12 bits per heavy atom. The van der Waals surface area contributed by atoms with Crippen LogP contribution in [0.5, 0.6) is 0 Å². The summed E-state index contributed by atoms with van der Waals surface area (Å²) in [7, 11) is 0. The molecule has 1 heterocycles. The number of aliphatic imine (C=N–C) groups is 1. The molecule has 3 rings (SSSR count). The molecule has 7 heteroatoms. The molecule has 0 aliphatic carbocycles. The summed E-state index contributed by atoms with van der Waals surface area (Å²) in [5, 5.41) is 10.3. The zero-order valence-corrected chi connectivity index (χ0v) is 14.3. The number of nitrogens with zero attached hydrogens (tertiary/aromatic N) is 1. The van der Waals surface area contributed by atoms with E-state index in [1.54, 1.807) is 24.3 Å². The van der Waals surface area contributed by atoms with Gasteiger partial charge in [-0.3, -0.25) is 4.79 Å². The van der Waals surface area contributed by atoms with Crippen LogP contribution < -0.4 is 0 Å². The van der Waals surface area contributed by atoms with Crippen molar-refractivity contribution in [3.63, 3.8) is 0 Å². The second-order valence-corrected chi connectivity index (χ2v) is 6.09. The zero-order chi connectivity index (χ0) is 18.0. The summed E-state index contributed by atoms with van der Waals surface area (Å²) < 4.78 is 18.7. The van der Waals surface area contributed by atoms with Crippen LogP contribution in [0, 0.1) is 5.82 Å². The number of esters is 1. The molecule has 1 aliphatic rings. The maximum atomic E-state index is 13.0. The fourth-order valence-electron chi connectivity index (χ4n) is 2.24. The predicted octanol–water partition coefficient (Wildman–Crippen LogP) is 3.91. The largest absolute Gasteiger partial charge is 0.503 e. The summed E-state index contributed by atoms with van der Waals surface area (Å²) >= 11 is 3.30. The Labute approximate surface area is 150 Å². The van der Waals surface area contributed by atoms with Gasteiger partial charge in [0.15, 0.2) is 5.76 Å². The number of hydrogen-bond donors (Lipinski definition) is 1. The highest BCUT2D eigenvalue weighted by Crippen LogP contribution is 2.23. The van der Waals surface area contributed by atoms with E-state index in [1.165, 1.54) is 12.1 Å². The lowest BCUT2D eigenvalue weighted by molar-refractivity contribution is -0.135. The molecule has 1 fully saturated rings. The molecule has 2 aromatic rings. The first-order valence-corrected chi connectivity index (χ1v) is 7.99. The second-order valence-electron chi connectivity index (χ2n) is 5.17. The summed E-state index contributed by atoms with van der Waals surface area (Å²) in [5.74, 6) is -2.92. The van der Waals surface area contributed by atoms with Gasteiger partial charge in [-0.1, -0.05) is 15.9 Å². The van der Waals surface area contributed by atoms with Gasteiger partial charge in [-0.2, -0.15) is 0 Å². The summed E-state index contributed by atoms with van der Waals surface area (Å²) in [6.45, 7) is -0.148. The number of carbonyl (C=O) groups is 2. The fourth-order valence-corrected chi connectivity index (χ4v) is 2.50. The minimum Gasteiger partial charge on any atom is -0.503 e. The monoisotopic (exact) mass is 403 g/mol. The molecule has 0 amide bonds. The SMILES string of the molecule is O=C1OCC(=Nc2ccc(Br)cc2)/C1=C(\O)C(=O)c1ccc(F)cc1. The van der Waals surface area contributed by atoms with Crippen LogP contribution in [0.1, 0.15) is 10.4 Å². The molecule has 1 aliphatic heterocycles. The average molecular weight is 404 g/mol. The van der Waals surface area contributed by atoms with Crippen molar-refractivity contribution in [3.8, 4) is 0 Å². The highest BCUT2D eigenvalue weighted by atomic mass is 79.9. The lowest BCUT2D eigenvalue weighted by Gasteiger charge is -2.03. The lowest BCUT2D eigenvalue weighted by atomic mass is 10.0. The van der Waals surface area contributed by atoms with Crippen molar-refractivity contribution in [3.05, 3.63) is 75.7 Å². The third-order valence-electron chi connectivity index (χ3n) is 3.48. The minimum absolute atomic E-state index is 0.0501. The number of aliphatic hydroxyl groups excluding tert-OH is 1. The maximum absolute atomic E-state index is 13.0. The number of allylic oxidation sites excluding steroid dienone is 1. The van der Waals surface area contributed by atoms with Crippen molar-refractivity contribution in [2.75, 3.05) is 6.61 Å². The molecule has 0 aromatic heterocycles. The van der Waals surface area contributed by atoms with E-state index in [4.69, 9.17) is 4.74 Å². The molecular weight excluding hydrogens is 393 g/mol. The molecule has 1 N–H and O–H groups in total. The van der Waals surface area contributed by atoms with Gasteiger partial charge in [0.2, 0.25) is 5.78 Å². The van der Waals surface area contributed by atoms with Crippen LogP contribution in [-0.2, 0) is 9.53 Å². The average Bonchev–Trinajstić information content (AvgIpc) is 2.96.